The maximum atomic E-state index is 11.5. The van der Waals surface area contributed by atoms with Crippen molar-refractivity contribution < 1.29 is 19.0 Å². The predicted octanol–water partition coefficient (Wildman–Crippen LogP) is 0.353. The first-order valence-corrected chi connectivity index (χ1v) is 4.45. The summed E-state index contributed by atoms with van der Waals surface area (Å²) < 4.78 is 15.4. The number of esters is 1. The van der Waals surface area contributed by atoms with E-state index in [1.54, 1.807) is 0 Å². The van der Waals surface area contributed by atoms with Crippen molar-refractivity contribution in [3.05, 3.63) is 0 Å². The molecule has 0 aliphatic carbocycles. The molecule has 2 aliphatic rings. The Morgan fingerprint density at radius 3 is 2.31 bits per heavy atom. The molecule has 2 rings (SSSR count). The number of carbonyl (C=O) groups is 1. The number of hydrogen-bond donors (Lipinski definition) is 0. The van der Waals surface area contributed by atoms with Gasteiger partial charge in [-0.05, 0) is 5.92 Å². The molecule has 0 saturated carbocycles. The maximum absolute atomic E-state index is 11.5. The fourth-order valence-corrected chi connectivity index (χ4v) is 2.10. The molecule has 1 atom stereocenters. The van der Waals surface area contributed by atoms with Gasteiger partial charge in [-0.15, -0.1) is 0 Å². The van der Waals surface area contributed by atoms with E-state index < -0.39 is 5.60 Å². The number of methoxy groups -OCH3 is 1. The van der Waals surface area contributed by atoms with Crippen LogP contribution >= 0.6 is 0 Å². The molecule has 2 aliphatic heterocycles. The molecule has 0 bridgehead atoms. The Hall–Kier alpha value is -0.610. The van der Waals surface area contributed by atoms with Gasteiger partial charge in [0, 0.05) is 0 Å². The zero-order chi connectivity index (χ0) is 9.69. The third-order valence-electron chi connectivity index (χ3n) is 2.96. The molecule has 2 fully saturated rings. The van der Waals surface area contributed by atoms with Crippen molar-refractivity contribution in [1.29, 1.82) is 0 Å². The van der Waals surface area contributed by atoms with Gasteiger partial charge in [0.1, 0.15) is 0 Å². The summed E-state index contributed by atoms with van der Waals surface area (Å²) in [6, 6.07) is 0. The molecule has 0 aromatic heterocycles. The lowest BCUT2D eigenvalue weighted by molar-refractivity contribution is -0.149. The zero-order valence-electron chi connectivity index (χ0n) is 8.12. The van der Waals surface area contributed by atoms with Crippen LogP contribution in [0.15, 0.2) is 0 Å². The summed E-state index contributed by atoms with van der Waals surface area (Å²) in [6.45, 7) is 4.95. The van der Waals surface area contributed by atoms with Crippen LogP contribution in [0, 0.1) is 5.92 Å². The molecule has 4 nitrogen and oxygen atoms in total. The fraction of sp³-hybridized carbons (Fsp3) is 0.889. The van der Waals surface area contributed by atoms with Gasteiger partial charge in [0.15, 0.2) is 5.60 Å². The van der Waals surface area contributed by atoms with Crippen LogP contribution in [0.5, 0.6) is 0 Å². The molecule has 13 heavy (non-hydrogen) atoms. The largest absolute Gasteiger partial charge is 0.467 e. The van der Waals surface area contributed by atoms with Crippen molar-refractivity contribution in [1.82, 2.24) is 0 Å². The number of epoxide rings is 1. The van der Waals surface area contributed by atoms with E-state index in [4.69, 9.17) is 14.2 Å². The molecule has 0 amide bonds. The van der Waals surface area contributed by atoms with Crippen LogP contribution in [0.1, 0.15) is 13.8 Å². The van der Waals surface area contributed by atoms with E-state index in [2.05, 4.69) is 0 Å². The average molecular weight is 186 g/mol. The van der Waals surface area contributed by atoms with Gasteiger partial charge in [0.05, 0.1) is 20.3 Å². The van der Waals surface area contributed by atoms with E-state index in [1.165, 1.54) is 7.11 Å². The second-order valence-corrected chi connectivity index (χ2v) is 3.97. The van der Waals surface area contributed by atoms with Crippen molar-refractivity contribution in [2.45, 2.75) is 25.0 Å². The van der Waals surface area contributed by atoms with E-state index in [9.17, 15) is 4.79 Å². The summed E-state index contributed by atoms with van der Waals surface area (Å²) in [5.41, 5.74) is -1.10. The van der Waals surface area contributed by atoms with Gasteiger partial charge in [-0.1, -0.05) is 13.8 Å². The topological polar surface area (TPSA) is 48.1 Å². The zero-order valence-corrected chi connectivity index (χ0v) is 8.12. The Morgan fingerprint density at radius 1 is 1.46 bits per heavy atom. The molecule has 0 radical (unpaired) electrons. The third kappa shape index (κ3) is 0.849. The van der Waals surface area contributed by atoms with Crippen LogP contribution in [-0.4, -0.2) is 37.5 Å². The normalized spacial score (nSPS) is 34.5. The molecular formula is C9H14O4. The van der Waals surface area contributed by atoms with Gasteiger partial charge in [0.25, 0.3) is 0 Å². The molecule has 1 spiro atoms. The van der Waals surface area contributed by atoms with Crippen molar-refractivity contribution in [3.63, 3.8) is 0 Å². The number of hydrogen-bond acceptors (Lipinski definition) is 4. The Bertz CT molecular complexity index is 244. The van der Waals surface area contributed by atoms with Crippen LogP contribution in [0.2, 0.25) is 0 Å². The summed E-state index contributed by atoms with van der Waals surface area (Å²) in [5.74, 6) is -0.144. The van der Waals surface area contributed by atoms with Crippen LogP contribution in [0.25, 0.3) is 0 Å². The Morgan fingerprint density at radius 2 is 2.08 bits per heavy atom. The quantitative estimate of drug-likeness (QED) is 0.461. The highest BCUT2D eigenvalue weighted by molar-refractivity contribution is 5.85. The Labute approximate surface area is 77.1 Å². The van der Waals surface area contributed by atoms with Gasteiger partial charge in [0.2, 0.25) is 5.60 Å². The maximum Gasteiger partial charge on any atom is 0.341 e. The van der Waals surface area contributed by atoms with Gasteiger partial charge in [-0.25, -0.2) is 4.79 Å². The third-order valence-corrected chi connectivity index (χ3v) is 2.96. The highest BCUT2D eigenvalue weighted by Gasteiger charge is 2.80. The minimum atomic E-state index is -0.736. The summed E-state index contributed by atoms with van der Waals surface area (Å²) in [5, 5.41) is 0. The molecular weight excluding hydrogens is 172 g/mol. The van der Waals surface area contributed by atoms with Crippen molar-refractivity contribution in [2.24, 2.45) is 5.92 Å². The van der Waals surface area contributed by atoms with Gasteiger partial charge >= 0.3 is 5.97 Å². The van der Waals surface area contributed by atoms with E-state index in [-0.39, 0.29) is 17.5 Å². The fourth-order valence-electron chi connectivity index (χ4n) is 2.10. The second-order valence-electron chi connectivity index (χ2n) is 3.97. The van der Waals surface area contributed by atoms with Gasteiger partial charge in [-0.3, -0.25) is 0 Å². The Balaban J connectivity index is 2.21. The highest BCUT2D eigenvalue weighted by atomic mass is 16.7. The van der Waals surface area contributed by atoms with Crippen molar-refractivity contribution in [3.8, 4) is 0 Å². The summed E-state index contributed by atoms with van der Waals surface area (Å²) >= 11 is 0. The lowest BCUT2D eigenvalue weighted by Crippen LogP contribution is -2.50. The molecule has 0 N–H and O–H groups in total. The van der Waals surface area contributed by atoms with Crippen LogP contribution < -0.4 is 0 Å². The second kappa shape index (κ2) is 2.45. The standard InChI is InChI=1S/C9H14O4/c1-6(2)9(7(10)11-3)8(13-9)4-12-5-8/h6H,4-5H2,1-3H3. The monoisotopic (exact) mass is 186 g/mol. The van der Waals surface area contributed by atoms with E-state index in [0.29, 0.717) is 13.2 Å². The lowest BCUT2D eigenvalue weighted by Gasteiger charge is -2.27. The highest BCUT2D eigenvalue weighted by Crippen LogP contribution is 2.57. The van der Waals surface area contributed by atoms with Gasteiger partial charge < -0.3 is 14.2 Å². The first kappa shape index (κ1) is 8.97. The number of carbonyl (C=O) groups excluding carboxylic acids is 1. The average Bonchev–Trinajstić information content (AvgIpc) is 2.73. The Kier molecular flexibility index (Phi) is 1.69. The summed E-state index contributed by atoms with van der Waals surface area (Å²) in [7, 11) is 1.39. The molecule has 0 aromatic carbocycles. The summed E-state index contributed by atoms with van der Waals surface area (Å²) in [4.78, 5) is 11.5. The van der Waals surface area contributed by atoms with Crippen molar-refractivity contribution in [2.75, 3.05) is 20.3 Å². The predicted molar refractivity (Wildman–Crippen MR) is 44.2 cm³/mol. The molecule has 2 heterocycles. The van der Waals surface area contributed by atoms with Crippen LogP contribution in [0.4, 0.5) is 0 Å². The van der Waals surface area contributed by atoms with Crippen LogP contribution in [0.3, 0.4) is 0 Å². The van der Waals surface area contributed by atoms with Crippen LogP contribution in [-0.2, 0) is 19.0 Å². The van der Waals surface area contributed by atoms with E-state index in [0.717, 1.165) is 0 Å². The van der Waals surface area contributed by atoms with Gasteiger partial charge in [-0.2, -0.15) is 0 Å². The van der Waals surface area contributed by atoms with Crippen molar-refractivity contribution >= 4 is 5.97 Å². The minimum absolute atomic E-state index is 0.129. The molecule has 74 valence electrons. The molecule has 4 heteroatoms. The first-order chi connectivity index (χ1) is 6.09. The van der Waals surface area contributed by atoms with E-state index in [1.807, 2.05) is 13.8 Å². The minimum Gasteiger partial charge on any atom is -0.467 e. The first-order valence-electron chi connectivity index (χ1n) is 4.45. The lowest BCUT2D eigenvalue weighted by atomic mass is 9.82. The number of ether oxygens (including phenoxy) is 3. The molecule has 2 saturated heterocycles. The molecule has 0 aromatic rings. The number of rotatable bonds is 2. The molecule has 1 unspecified atom stereocenters. The smallest absolute Gasteiger partial charge is 0.341 e. The SMILES string of the molecule is COC(=O)C1(C(C)C)OC12COC2. The van der Waals surface area contributed by atoms with E-state index >= 15 is 0 Å². The summed E-state index contributed by atoms with van der Waals surface area (Å²) in [6.07, 6.45) is 0.